The Morgan fingerprint density at radius 2 is 0.462 bits per heavy atom. The molecule has 0 aliphatic carbocycles. The largest absolute Gasteiger partial charge is 0.462 e. The smallest absolute Gasteiger partial charge is 0.306 e. The molecule has 0 saturated heterocycles. The van der Waals surface area contributed by atoms with Crippen LogP contribution in [0.1, 0.15) is 387 Å². The maximum Gasteiger partial charge on any atom is 0.306 e. The Labute approximate surface area is 486 Å². The summed E-state index contributed by atoms with van der Waals surface area (Å²) in [5, 5.41) is 0. The second-order valence-corrected chi connectivity index (χ2v) is 23.8. The van der Waals surface area contributed by atoms with Crippen molar-refractivity contribution in [2.45, 2.75) is 393 Å². The lowest BCUT2D eigenvalue weighted by Gasteiger charge is -2.18. The fourth-order valence-corrected chi connectivity index (χ4v) is 10.6. The van der Waals surface area contributed by atoms with E-state index in [1.165, 1.54) is 270 Å². The van der Waals surface area contributed by atoms with Crippen LogP contribution in [0.15, 0.2) is 36.5 Å². The second kappa shape index (κ2) is 67.1. The minimum absolute atomic E-state index is 0.0735. The second-order valence-electron chi connectivity index (χ2n) is 23.8. The van der Waals surface area contributed by atoms with Gasteiger partial charge in [0.2, 0.25) is 0 Å². The van der Waals surface area contributed by atoms with Crippen LogP contribution >= 0.6 is 0 Å². The number of rotatable bonds is 65. The molecule has 0 N–H and O–H groups in total. The maximum absolute atomic E-state index is 12.8. The van der Waals surface area contributed by atoms with Crippen molar-refractivity contribution in [2.24, 2.45) is 0 Å². The first kappa shape index (κ1) is 75.6. The van der Waals surface area contributed by atoms with Crippen molar-refractivity contribution in [1.82, 2.24) is 0 Å². The molecule has 0 aromatic carbocycles. The van der Waals surface area contributed by atoms with Crippen LogP contribution in [0.4, 0.5) is 0 Å². The fraction of sp³-hybridized carbons (Fsp3) is 0.875. The zero-order valence-electron chi connectivity index (χ0n) is 52.7. The van der Waals surface area contributed by atoms with Crippen LogP contribution in [0.25, 0.3) is 0 Å². The zero-order chi connectivity index (χ0) is 56.4. The summed E-state index contributed by atoms with van der Waals surface area (Å²) in [6.07, 6.45) is 83.7. The minimum Gasteiger partial charge on any atom is -0.462 e. The van der Waals surface area contributed by atoms with Crippen LogP contribution < -0.4 is 0 Å². The Morgan fingerprint density at radius 3 is 0.718 bits per heavy atom. The van der Waals surface area contributed by atoms with Crippen LogP contribution in [0.2, 0.25) is 0 Å². The van der Waals surface area contributed by atoms with Gasteiger partial charge in [-0.3, -0.25) is 14.4 Å². The molecule has 0 fully saturated rings. The van der Waals surface area contributed by atoms with E-state index in [0.29, 0.717) is 19.3 Å². The molecule has 0 rings (SSSR count). The topological polar surface area (TPSA) is 78.9 Å². The van der Waals surface area contributed by atoms with Gasteiger partial charge in [-0.1, -0.05) is 346 Å². The molecule has 458 valence electrons. The Hall–Kier alpha value is -2.37. The molecule has 0 aliphatic rings. The van der Waals surface area contributed by atoms with E-state index in [-0.39, 0.29) is 31.1 Å². The first-order chi connectivity index (χ1) is 38.5. The van der Waals surface area contributed by atoms with Crippen LogP contribution in [0.5, 0.6) is 0 Å². The number of allylic oxidation sites excluding steroid dienone is 6. The molecule has 6 heteroatoms. The molecule has 1 atom stereocenters. The minimum atomic E-state index is -0.775. The molecule has 0 amide bonds. The number of hydrogen-bond acceptors (Lipinski definition) is 6. The predicted molar refractivity (Wildman–Crippen MR) is 339 cm³/mol. The summed E-state index contributed by atoms with van der Waals surface area (Å²) >= 11 is 0. The molecule has 0 heterocycles. The molecular formula is C72H134O6. The highest BCUT2D eigenvalue weighted by molar-refractivity contribution is 5.71. The highest BCUT2D eigenvalue weighted by atomic mass is 16.6. The van der Waals surface area contributed by atoms with Gasteiger partial charge in [0, 0.05) is 19.3 Å². The number of hydrogen-bond donors (Lipinski definition) is 0. The highest BCUT2D eigenvalue weighted by Gasteiger charge is 2.19. The molecular weight excluding hydrogens is 961 g/mol. The average Bonchev–Trinajstić information content (AvgIpc) is 3.44. The quantitative estimate of drug-likeness (QED) is 0.0261. The molecule has 6 nitrogen and oxygen atoms in total. The van der Waals surface area contributed by atoms with Crippen molar-refractivity contribution in [3.63, 3.8) is 0 Å². The van der Waals surface area contributed by atoms with E-state index in [0.717, 1.165) is 77.0 Å². The number of unbranched alkanes of at least 4 members (excludes halogenated alkanes) is 48. The van der Waals surface area contributed by atoms with Crippen LogP contribution in [-0.4, -0.2) is 37.2 Å². The lowest BCUT2D eigenvalue weighted by molar-refractivity contribution is -0.167. The number of carbonyl (C=O) groups excluding carboxylic acids is 3. The normalized spacial score (nSPS) is 12.2. The summed E-state index contributed by atoms with van der Waals surface area (Å²) in [6.45, 7) is 6.62. The molecule has 0 saturated carbocycles. The summed E-state index contributed by atoms with van der Waals surface area (Å²) in [7, 11) is 0. The van der Waals surface area contributed by atoms with Gasteiger partial charge in [0.25, 0.3) is 0 Å². The molecule has 0 aromatic rings. The van der Waals surface area contributed by atoms with Crippen molar-refractivity contribution >= 4 is 17.9 Å². The Morgan fingerprint density at radius 1 is 0.256 bits per heavy atom. The predicted octanol–water partition coefficient (Wildman–Crippen LogP) is 23.9. The third-order valence-corrected chi connectivity index (χ3v) is 15.9. The highest BCUT2D eigenvalue weighted by Crippen LogP contribution is 2.19. The summed E-state index contributed by atoms with van der Waals surface area (Å²) in [6, 6.07) is 0. The molecule has 0 aliphatic heterocycles. The fourth-order valence-electron chi connectivity index (χ4n) is 10.6. The Bertz CT molecular complexity index is 1300. The molecule has 0 spiro atoms. The lowest BCUT2D eigenvalue weighted by Crippen LogP contribution is -2.30. The molecule has 0 bridgehead atoms. The standard InChI is InChI=1S/C72H134O6/c1-4-7-10-13-16-18-20-22-24-26-28-30-31-32-33-34-35-36-37-38-39-40-41-43-44-46-48-50-52-54-56-59-62-65-71(74)77-68-69(67-76-70(73)64-61-58-15-12-9-6-3)78-72(75)66-63-60-57-55-53-51-49-47-45-42-29-27-25-23-21-19-17-14-11-8-5-2/h21,23,27,29,45,47,69H,4-20,22,24-26,28,30-44,46,48-68H2,1-3H3/b23-21-,29-27-,47-45-. The van der Waals surface area contributed by atoms with E-state index in [1.807, 2.05) is 0 Å². The van der Waals surface area contributed by atoms with E-state index in [2.05, 4.69) is 57.2 Å². The van der Waals surface area contributed by atoms with E-state index in [4.69, 9.17) is 14.2 Å². The van der Waals surface area contributed by atoms with Gasteiger partial charge in [-0.05, 0) is 57.8 Å². The van der Waals surface area contributed by atoms with Crippen molar-refractivity contribution in [1.29, 1.82) is 0 Å². The molecule has 0 aromatic heterocycles. The van der Waals surface area contributed by atoms with Crippen LogP contribution in [0.3, 0.4) is 0 Å². The number of esters is 3. The summed E-state index contributed by atoms with van der Waals surface area (Å²) < 4.78 is 16.8. The van der Waals surface area contributed by atoms with Gasteiger partial charge in [0.15, 0.2) is 6.10 Å². The van der Waals surface area contributed by atoms with Crippen molar-refractivity contribution < 1.29 is 28.6 Å². The monoisotopic (exact) mass is 1100 g/mol. The van der Waals surface area contributed by atoms with Gasteiger partial charge in [0.05, 0.1) is 0 Å². The Kier molecular flexibility index (Phi) is 65.1. The summed E-state index contributed by atoms with van der Waals surface area (Å²) in [4.78, 5) is 38.0. The average molecular weight is 1100 g/mol. The molecule has 0 radical (unpaired) electrons. The van der Waals surface area contributed by atoms with Gasteiger partial charge in [-0.25, -0.2) is 0 Å². The number of ether oxygens (including phenoxy) is 3. The molecule has 1 unspecified atom stereocenters. The van der Waals surface area contributed by atoms with E-state index >= 15 is 0 Å². The first-order valence-corrected chi connectivity index (χ1v) is 35.0. The van der Waals surface area contributed by atoms with Crippen molar-refractivity contribution in [3.8, 4) is 0 Å². The van der Waals surface area contributed by atoms with Gasteiger partial charge >= 0.3 is 17.9 Å². The Balaban J connectivity index is 3.95. The number of carbonyl (C=O) groups is 3. The van der Waals surface area contributed by atoms with Gasteiger partial charge < -0.3 is 14.2 Å². The van der Waals surface area contributed by atoms with E-state index < -0.39 is 6.10 Å². The van der Waals surface area contributed by atoms with Crippen LogP contribution in [0, 0.1) is 0 Å². The van der Waals surface area contributed by atoms with Gasteiger partial charge in [-0.15, -0.1) is 0 Å². The summed E-state index contributed by atoms with van der Waals surface area (Å²) in [5.41, 5.74) is 0. The molecule has 78 heavy (non-hydrogen) atoms. The first-order valence-electron chi connectivity index (χ1n) is 35.0. The SMILES string of the molecule is CCCCCCC/C=C\C/C=C\C/C=C\CCCCCCCCC(=O)OC(COC(=O)CCCCCCCC)COC(=O)CCCCCCCCCCCCCCCCCCCCCCCCCCCCCCCCCCC. The third-order valence-electron chi connectivity index (χ3n) is 15.9. The van der Waals surface area contributed by atoms with E-state index in [9.17, 15) is 14.4 Å². The third kappa shape index (κ3) is 64.5. The van der Waals surface area contributed by atoms with Gasteiger partial charge in [-0.2, -0.15) is 0 Å². The van der Waals surface area contributed by atoms with Crippen molar-refractivity contribution in [2.75, 3.05) is 13.2 Å². The van der Waals surface area contributed by atoms with Crippen LogP contribution in [-0.2, 0) is 28.6 Å². The lowest BCUT2D eigenvalue weighted by atomic mass is 10.0. The maximum atomic E-state index is 12.8. The van der Waals surface area contributed by atoms with E-state index in [1.54, 1.807) is 0 Å². The summed E-state index contributed by atoms with van der Waals surface area (Å²) in [5.74, 6) is -0.874. The zero-order valence-corrected chi connectivity index (χ0v) is 52.7. The van der Waals surface area contributed by atoms with Gasteiger partial charge in [0.1, 0.15) is 13.2 Å². The van der Waals surface area contributed by atoms with Crippen molar-refractivity contribution in [3.05, 3.63) is 36.5 Å².